The molecule has 9 heteroatoms. The topological polar surface area (TPSA) is 108 Å². The molecule has 1 atom stereocenters. The second kappa shape index (κ2) is 9.58. The van der Waals surface area contributed by atoms with E-state index in [4.69, 9.17) is 4.74 Å². The van der Waals surface area contributed by atoms with Crippen molar-refractivity contribution in [1.29, 1.82) is 0 Å². The third kappa shape index (κ3) is 6.00. The Kier molecular flexibility index (Phi) is 7.18. The fourth-order valence-corrected chi connectivity index (χ4v) is 2.34. The second-order valence-corrected chi connectivity index (χ2v) is 5.81. The molecule has 1 aliphatic rings. The smallest absolute Gasteiger partial charge is 0.328 e. The predicted molar refractivity (Wildman–Crippen MR) is 94.2 cm³/mol. The molecular formula is C18H20FN3O5. The van der Waals surface area contributed by atoms with Gasteiger partial charge in [0.2, 0.25) is 5.91 Å². The summed E-state index contributed by atoms with van der Waals surface area (Å²) >= 11 is 0. The van der Waals surface area contributed by atoms with Crippen LogP contribution in [0.15, 0.2) is 42.0 Å². The van der Waals surface area contributed by atoms with Crippen molar-refractivity contribution in [1.82, 2.24) is 10.3 Å². The van der Waals surface area contributed by atoms with Crippen LogP contribution in [0.2, 0.25) is 0 Å². The average Bonchev–Trinajstić information content (AvgIpc) is 2.64. The second-order valence-electron chi connectivity index (χ2n) is 5.81. The van der Waals surface area contributed by atoms with Gasteiger partial charge in [0.1, 0.15) is 11.5 Å². The van der Waals surface area contributed by atoms with Crippen LogP contribution < -0.4 is 5.32 Å². The van der Waals surface area contributed by atoms with Crippen molar-refractivity contribution in [2.45, 2.75) is 25.4 Å². The van der Waals surface area contributed by atoms with Crippen LogP contribution in [0.25, 0.3) is 0 Å². The van der Waals surface area contributed by atoms with Crippen molar-refractivity contribution < 1.29 is 28.6 Å². The van der Waals surface area contributed by atoms with Gasteiger partial charge >= 0.3 is 5.97 Å². The Labute approximate surface area is 155 Å². The monoisotopic (exact) mass is 377 g/mol. The van der Waals surface area contributed by atoms with Crippen LogP contribution in [-0.4, -0.2) is 52.9 Å². The first-order valence-electron chi connectivity index (χ1n) is 8.25. The number of ether oxygens (including phenoxy) is 1. The molecule has 0 fully saturated rings. The maximum absolute atomic E-state index is 13.0. The van der Waals surface area contributed by atoms with Gasteiger partial charge in [-0.1, -0.05) is 18.2 Å². The van der Waals surface area contributed by atoms with Crippen molar-refractivity contribution in [3.63, 3.8) is 0 Å². The summed E-state index contributed by atoms with van der Waals surface area (Å²) in [5.74, 6) is -2.60. The lowest BCUT2D eigenvalue weighted by Crippen LogP contribution is -2.48. The molecular weight excluding hydrogens is 357 g/mol. The molecule has 1 aromatic rings. The number of benzene rings is 1. The van der Waals surface area contributed by atoms with Crippen LogP contribution in [-0.2, 0) is 25.7 Å². The Morgan fingerprint density at radius 1 is 1.37 bits per heavy atom. The van der Waals surface area contributed by atoms with Crippen molar-refractivity contribution in [2.24, 2.45) is 5.10 Å². The molecule has 0 bridgehead atoms. The summed E-state index contributed by atoms with van der Waals surface area (Å²) in [6.07, 6.45) is 1.63. The summed E-state index contributed by atoms with van der Waals surface area (Å²) in [6.45, 7) is 3.47. The van der Waals surface area contributed by atoms with E-state index in [1.807, 2.05) is 0 Å². The van der Waals surface area contributed by atoms with Crippen LogP contribution in [0, 0.1) is 5.82 Å². The van der Waals surface area contributed by atoms with Crippen LogP contribution in [0.5, 0.6) is 0 Å². The molecule has 2 rings (SSSR count). The standard InChI is InChI=1S/C18H20FN3O5/c1-2-9-27-11-15(18(25)26)20-17(24)14-7-8-16(23)22(21-14)10-12-3-5-13(19)6-4-12/h2-6,15H,1,7-11H2,(H,20,24)(H,25,26). The Hall–Kier alpha value is -3.07. The van der Waals surface area contributed by atoms with E-state index in [9.17, 15) is 23.9 Å². The van der Waals surface area contributed by atoms with Crippen LogP contribution in [0.1, 0.15) is 18.4 Å². The van der Waals surface area contributed by atoms with E-state index in [2.05, 4.69) is 17.0 Å². The Bertz CT molecular complexity index is 748. The Morgan fingerprint density at radius 2 is 2.07 bits per heavy atom. The molecule has 0 radical (unpaired) electrons. The molecule has 27 heavy (non-hydrogen) atoms. The highest BCUT2D eigenvalue weighted by molar-refractivity contribution is 6.39. The zero-order valence-electron chi connectivity index (χ0n) is 14.6. The maximum atomic E-state index is 13.0. The van der Waals surface area contributed by atoms with E-state index in [1.54, 1.807) is 0 Å². The molecule has 2 amide bonds. The number of carbonyl (C=O) groups excluding carboxylic acids is 2. The number of carbonyl (C=O) groups is 3. The van der Waals surface area contributed by atoms with Crippen molar-refractivity contribution in [2.75, 3.05) is 13.2 Å². The number of hydrogen-bond donors (Lipinski definition) is 2. The number of carboxylic acid groups (broad SMARTS) is 1. The number of rotatable bonds is 9. The van der Waals surface area contributed by atoms with Crippen molar-refractivity contribution in [3.05, 3.63) is 48.3 Å². The lowest BCUT2D eigenvalue weighted by Gasteiger charge is -2.24. The number of aliphatic carboxylic acids is 1. The fourth-order valence-electron chi connectivity index (χ4n) is 2.34. The summed E-state index contributed by atoms with van der Waals surface area (Å²) in [7, 11) is 0. The lowest BCUT2D eigenvalue weighted by atomic mass is 10.1. The number of carboxylic acids is 1. The van der Waals surface area contributed by atoms with Gasteiger partial charge in [-0.2, -0.15) is 5.10 Å². The van der Waals surface area contributed by atoms with Gasteiger partial charge in [-0.05, 0) is 17.7 Å². The molecule has 0 spiro atoms. The van der Waals surface area contributed by atoms with Crippen molar-refractivity contribution in [3.8, 4) is 0 Å². The van der Waals surface area contributed by atoms with Gasteiger partial charge < -0.3 is 15.2 Å². The van der Waals surface area contributed by atoms with Gasteiger partial charge in [0.15, 0.2) is 6.04 Å². The molecule has 144 valence electrons. The van der Waals surface area contributed by atoms with E-state index < -0.39 is 23.7 Å². The minimum Gasteiger partial charge on any atom is -0.480 e. The third-order valence-corrected chi connectivity index (χ3v) is 3.74. The molecule has 0 aliphatic carbocycles. The zero-order valence-corrected chi connectivity index (χ0v) is 14.6. The molecule has 2 N–H and O–H groups in total. The minimum absolute atomic E-state index is 0.0479. The summed E-state index contributed by atoms with van der Waals surface area (Å²) in [6, 6.07) is 4.32. The molecule has 8 nitrogen and oxygen atoms in total. The SMILES string of the molecule is C=CCOCC(NC(=O)C1=NN(Cc2ccc(F)cc2)C(=O)CC1)C(=O)O. The third-order valence-electron chi connectivity index (χ3n) is 3.74. The number of nitrogens with zero attached hydrogens (tertiary/aromatic N) is 2. The quantitative estimate of drug-likeness (QED) is 0.494. The first-order chi connectivity index (χ1) is 12.9. The summed E-state index contributed by atoms with van der Waals surface area (Å²) in [5, 5.41) is 16.7. The fraction of sp³-hybridized carbons (Fsp3) is 0.333. The number of nitrogens with one attached hydrogen (secondary N) is 1. The van der Waals surface area contributed by atoms with Crippen LogP contribution in [0.3, 0.4) is 0 Å². The van der Waals surface area contributed by atoms with Crippen molar-refractivity contribution >= 4 is 23.5 Å². The van der Waals surface area contributed by atoms with E-state index >= 15 is 0 Å². The summed E-state index contributed by atoms with van der Waals surface area (Å²) in [4.78, 5) is 35.6. The van der Waals surface area contributed by atoms with Crippen LogP contribution in [0.4, 0.5) is 4.39 Å². The molecule has 1 aromatic carbocycles. The first kappa shape index (κ1) is 20.2. The van der Waals surface area contributed by atoms with Gasteiger partial charge in [0, 0.05) is 12.8 Å². The zero-order chi connectivity index (χ0) is 19.8. The van der Waals surface area contributed by atoms with Gasteiger partial charge in [-0.25, -0.2) is 14.2 Å². The molecule has 0 saturated carbocycles. The van der Waals surface area contributed by atoms with E-state index in [1.165, 1.54) is 30.3 Å². The normalized spacial score (nSPS) is 15.1. The molecule has 0 aromatic heterocycles. The van der Waals surface area contributed by atoms with Crippen LogP contribution >= 0.6 is 0 Å². The highest BCUT2D eigenvalue weighted by Crippen LogP contribution is 2.14. The lowest BCUT2D eigenvalue weighted by molar-refractivity contribution is -0.142. The minimum atomic E-state index is -1.25. The predicted octanol–water partition coefficient (Wildman–Crippen LogP) is 1.08. The number of halogens is 1. The molecule has 0 saturated heterocycles. The maximum Gasteiger partial charge on any atom is 0.328 e. The average molecular weight is 377 g/mol. The highest BCUT2D eigenvalue weighted by atomic mass is 19.1. The molecule has 1 heterocycles. The van der Waals surface area contributed by atoms with Gasteiger partial charge in [-0.3, -0.25) is 9.59 Å². The van der Waals surface area contributed by atoms with Gasteiger partial charge in [0.25, 0.3) is 5.91 Å². The highest BCUT2D eigenvalue weighted by Gasteiger charge is 2.28. The van der Waals surface area contributed by atoms with Gasteiger partial charge in [-0.15, -0.1) is 6.58 Å². The molecule has 1 unspecified atom stereocenters. The summed E-state index contributed by atoms with van der Waals surface area (Å²) < 4.78 is 18.1. The van der Waals surface area contributed by atoms with E-state index in [-0.39, 0.29) is 44.2 Å². The number of hydrogen-bond acceptors (Lipinski definition) is 5. The van der Waals surface area contributed by atoms with Gasteiger partial charge in [0.05, 0.1) is 19.8 Å². The first-order valence-corrected chi connectivity index (χ1v) is 8.25. The van der Waals surface area contributed by atoms with E-state index in [0.29, 0.717) is 5.56 Å². The summed E-state index contributed by atoms with van der Waals surface area (Å²) in [5.41, 5.74) is 0.697. The largest absolute Gasteiger partial charge is 0.480 e. The molecule has 1 aliphatic heterocycles. The van der Waals surface area contributed by atoms with E-state index in [0.717, 1.165) is 5.01 Å². The number of hydrazone groups is 1. The number of amides is 2. The Morgan fingerprint density at radius 3 is 2.70 bits per heavy atom. The Balaban J connectivity index is 2.05.